The van der Waals surface area contributed by atoms with Gasteiger partial charge in [-0.3, -0.25) is 15.0 Å². The normalized spacial score (nSPS) is 15.4. The Morgan fingerprint density at radius 2 is 1.88 bits per heavy atom. The number of alkyl halides is 2. The molecule has 9 heteroatoms. The molecule has 0 saturated carbocycles. The second-order valence-electron chi connectivity index (χ2n) is 10.4. The average Bonchev–Trinajstić information content (AvgIpc) is 3.68. The standard InChI is InChI=1S/C31H27F2N7/c1-2-19-12-20(17-40-11-9-31(32,33)18-40)14-21(13-19)22-15-24-28(38-39-29(24)35-16-22)30-36-26-8-5-6-23(27(26)37-30)25-7-3-4-10-34-25/h3-8,10,12-16H,2,9,11,17-18H2,1H3,(H,36,37)(H,35,38,39). The molecule has 1 saturated heterocycles. The predicted octanol–water partition coefficient (Wildman–Crippen LogP) is 6.63. The summed E-state index contributed by atoms with van der Waals surface area (Å²) in [6, 6.07) is 20.2. The van der Waals surface area contributed by atoms with Crippen molar-refractivity contribution >= 4 is 22.1 Å². The minimum absolute atomic E-state index is 0.0810. The van der Waals surface area contributed by atoms with Gasteiger partial charge in [0.05, 0.1) is 28.7 Å². The van der Waals surface area contributed by atoms with Crippen molar-refractivity contribution in [3.8, 4) is 33.9 Å². The summed E-state index contributed by atoms with van der Waals surface area (Å²) in [5.41, 5.74) is 9.00. The third-order valence-electron chi connectivity index (χ3n) is 7.55. The minimum Gasteiger partial charge on any atom is -0.337 e. The van der Waals surface area contributed by atoms with Gasteiger partial charge in [0.15, 0.2) is 11.5 Å². The summed E-state index contributed by atoms with van der Waals surface area (Å²) in [7, 11) is 0. The van der Waals surface area contributed by atoms with Crippen LogP contribution >= 0.6 is 0 Å². The van der Waals surface area contributed by atoms with Gasteiger partial charge in [-0.05, 0) is 53.4 Å². The second-order valence-corrected chi connectivity index (χ2v) is 10.4. The quantitative estimate of drug-likeness (QED) is 0.250. The fourth-order valence-corrected chi connectivity index (χ4v) is 5.54. The number of H-pyrrole nitrogens is 2. The van der Waals surface area contributed by atoms with Crippen LogP contribution in [0, 0.1) is 0 Å². The van der Waals surface area contributed by atoms with Crippen molar-refractivity contribution in [2.75, 3.05) is 13.1 Å². The molecule has 6 aromatic rings. The Morgan fingerprint density at radius 3 is 2.67 bits per heavy atom. The smallest absolute Gasteiger partial charge is 0.261 e. The number of fused-ring (bicyclic) bond motifs is 2. The van der Waals surface area contributed by atoms with Gasteiger partial charge in [-0.1, -0.05) is 37.3 Å². The van der Waals surface area contributed by atoms with Gasteiger partial charge in [-0.15, -0.1) is 0 Å². The monoisotopic (exact) mass is 535 g/mol. The lowest BCUT2D eigenvalue weighted by atomic mass is 9.98. The lowest BCUT2D eigenvalue weighted by molar-refractivity contribution is 0.0115. The van der Waals surface area contributed by atoms with Crippen LogP contribution in [0.4, 0.5) is 8.78 Å². The fraction of sp³-hybridized carbons (Fsp3) is 0.226. The van der Waals surface area contributed by atoms with Gasteiger partial charge in [0.1, 0.15) is 5.69 Å². The number of imidazole rings is 1. The second kappa shape index (κ2) is 9.60. The van der Waals surface area contributed by atoms with Crippen molar-refractivity contribution in [3.05, 3.63) is 84.2 Å². The summed E-state index contributed by atoms with van der Waals surface area (Å²) < 4.78 is 27.6. The number of pyridine rings is 2. The Balaban J connectivity index is 1.27. The van der Waals surface area contributed by atoms with Gasteiger partial charge in [0, 0.05) is 43.0 Å². The number of aromatic amines is 2. The van der Waals surface area contributed by atoms with Crippen LogP contribution in [0.1, 0.15) is 24.5 Å². The molecule has 1 aliphatic heterocycles. The number of para-hydroxylation sites is 1. The molecule has 2 N–H and O–H groups in total. The van der Waals surface area contributed by atoms with Crippen LogP contribution in [0.3, 0.4) is 0 Å². The van der Waals surface area contributed by atoms with Gasteiger partial charge in [0.2, 0.25) is 0 Å². The van der Waals surface area contributed by atoms with E-state index in [9.17, 15) is 8.78 Å². The van der Waals surface area contributed by atoms with Crippen LogP contribution in [0.25, 0.3) is 56.0 Å². The maximum Gasteiger partial charge on any atom is 0.261 e. The summed E-state index contributed by atoms with van der Waals surface area (Å²) in [5, 5.41) is 8.39. The van der Waals surface area contributed by atoms with Crippen molar-refractivity contribution in [1.82, 2.24) is 35.0 Å². The molecule has 0 unspecified atom stereocenters. The molecule has 1 fully saturated rings. The summed E-state index contributed by atoms with van der Waals surface area (Å²) in [4.78, 5) is 19.3. The van der Waals surface area contributed by atoms with Crippen LogP contribution in [0.15, 0.2) is 73.1 Å². The Morgan fingerprint density at radius 1 is 0.975 bits per heavy atom. The summed E-state index contributed by atoms with van der Waals surface area (Å²) in [5.74, 6) is -1.94. The van der Waals surface area contributed by atoms with E-state index in [2.05, 4.69) is 56.3 Å². The molecule has 0 bridgehead atoms. The summed E-state index contributed by atoms with van der Waals surface area (Å²) >= 11 is 0. The minimum atomic E-state index is -2.60. The van der Waals surface area contributed by atoms with Gasteiger partial charge in [-0.2, -0.15) is 5.10 Å². The van der Waals surface area contributed by atoms with Crippen molar-refractivity contribution in [3.63, 3.8) is 0 Å². The van der Waals surface area contributed by atoms with E-state index in [1.165, 1.54) is 0 Å². The van der Waals surface area contributed by atoms with Crippen molar-refractivity contribution in [2.45, 2.75) is 32.2 Å². The topological polar surface area (TPSA) is 86.4 Å². The van der Waals surface area contributed by atoms with Crippen molar-refractivity contribution in [1.29, 1.82) is 0 Å². The Bertz CT molecular complexity index is 1840. The molecule has 7 rings (SSSR count). The number of nitrogens with one attached hydrogen (secondary N) is 2. The van der Waals surface area contributed by atoms with Crippen molar-refractivity contribution < 1.29 is 8.78 Å². The van der Waals surface area contributed by atoms with Gasteiger partial charge >= 0.3 is 0 Å². The van der Waals surface area contributed by atoms with E-state index in [0.717, 1.165) is 62.0 Å². The average molecular weight is 536 g/mol. The van der Waals surface area contributed by atoms with Gasteiger partial charge in [-0.25, -0.2) is 18.7 Å². The Hall–Kier alpha value is -4.50. The number of rotatable bonds is 6. The molecule has 40 heavy (non-hydrogen) atoms. The number of aryl methyl sites for hydroxylation is 1. The van der Waals surface area contributed by atoms with Crippen LogP contribution in [0.5, 0.6) is 0 Å². The number of benzene rings is 2. The molecule has 2 aromatic carbocycles. The number of halogens is 2. The van der Waals surface area contributed by atoms with Gasteiger partial charge < -0.3 is 4.98 Å². The Labute approximate surface area is 229 Å². The van der Waals surface area contributed by atoms with Crippen LogP contribution in [-0.4, -0.2) is 54.0 Å². The molecule has 5 heterocycles. The third-order valence-corrected chi connectivity index (χ3v) is 7.55. The van der Waals surface area contributed by atoms with E-state index in [1.807, 2.05) is 47.5 Å². The third kappa shape index (κ3) is 4.52. The first-order valence-electron chi connectivity index (χ1n) is 13.4. The molecular weight excluding hydrogens is 508 g/mol. The van der Waals surface area contributed by atoms with E-state index in [4.69, 9.17) is 4.98 Å². The Kier molecular flexibility index (Phi) is 5.89. The van der Waals surface area contributed by atoms with Gasteiger partial charge in [0.25, 0.3) is 5.92 Å². The molecule has 1 aliphatic rings. The maximum absolute atomic E-state index is 13.8. The molecule has 0 atom stereocenters. The maximum atomic E-state index is 13.8. The molecule has 0 spiro atoms. The number of hydrogen-bond acceptors (Lipinski definition) is 5. The van der Waals surface area contributed by atoms with E-state index in [-0.39, 0.29) is 13.0 Å². The van der Waals surface area contributed by atoms with Crippen LogP contribution < -0.4 is 0 Å². The highest BCUT2D eigenvalue weighted by atomic mass is 19.3. The molecule has 200 valence electrons. The lowest BCUT2D eigenvalue weighted by Crippen LogP contribution is -2.24. The molecule has 7 nitrogen and oxygen atoms in total. The van der Waals surface area contributed by atoms with Crippen LogP contribution in [0.2, 0.25) is 0 Å². The van der Waals surface area contributed by atoms with Crippen molar-refractivity contribution in [2.24, 2.45) is 0 Å². The highest BCUT2D eigenvalue weighted by Gasteiger charge is 2.37. The zero-order valence-electron chi connectivity index (χ0n) is 22.0. The molecule has 0 radical (unpaired) electrons. The largest absolute Gasteiger partial charge is 0.337 e. The molecular formula is C31H27F2N7. The number of nitrogens with zero attached hydrogens (tertiary/aromatic N) is 5. The van der Waals surface area contributed by atoms with E-state index < -0.39 is 5.92 Å². The SMILES string of the molecule is CCc1cc(CN2CCC(F)(F)C2)cc(-c2cnc3n[nH]c(-c4nc5c(-c6ccccn6)cccc5[nH]4)c3c2)c1. The lowest BCUT2D eigenvalue weighted by Gasteiger charge is -2.17. The zero-order valence-corrected chi connectivity index (χ0v) is 22.0. The summed E-state index contributed by atoms with van der Waals surface area (Å²) in [6.07, 6.45) is 4.35. The number of hydrogen-bond donors (Lipinski definition) is 2. The first-order valence-corrected chi connectivity index (χ1v) is 13.4. The number of aromatic nitrogens is 6. The first-order chi connectivity index (χ1) is 19.5. The molecule has 0 amide bonds. The molecule has 0 aliphatic carbocycles. The highest BCUT2D eigenvalue weighted by molar-refractivity contribution is 5.96. The number of likely N-dealkylation sites (tertiary alicyclic amines) is 1. The molecule has 4 aromatic heterocycles. The van der Waals surface area contributed by atoms with Crippen LogP contribution in [-0.2, 0) is 13.0 Å². The van der Waals surface area contributed by atoms with E-state index in [1.54, 1.807) is 6.20 Å². The van der Waals surface area contributed by atoms with E-state index >= 15 is 0 Å². The summed E-state index contributed by atoms with van der Waals surface area (Å²) in [6.45, 7) is 2.82. The van der Waals surface area contributed by atoms with E-state index in [0.29, 0.717) is 24.6 Å². The highest BCUT2D eigenvalue weighted by Crippen LogP contribution is 2.33. The first kappa shape index (κ1) is 24.5. The zero-order chi connectivity index (χ0) is 27.3. The fourth-order valence-electron chi connectivity index (χ4n) is 5.54. The predicted molar refractivity (Wildman–Crippen MR) is 152 cm³/mol.